The van der Waals surface area contributed by atoms with Crippen LogP contribution < -0.4 is 0 Å². The molecule has 1 saturated heterocycles. The van der Waals surface area contributed by atoms with Crippen molar-refractivity contribution in [2.75, 3.05) is 19.7 Å². The molecule has 0 spiro atoms. The van der Waals surface area contributed by atoms with Gasteiger partial charge in [-0.1, -0.05) is 6.07 Å². The molecule has 0 aliphatic carbocycles. The van der Waals surface area contributed by atoms with Crippen molar-refractivity contribution in [3.05, 3.63) is 35.4 Å². The molecule has 0 radical (unpaired) electrons. The topological polar surface area (TPSA) is 64.3 Å². The molecule has 100 valence electrons. The van der Waals surface area contributed by atoms with Gasteiger partial charge in [-0.3, -0.25) is 4.79 Å². The molecule has 1 atom stereocenters. The summed E-state index contributed by atoms with van der Waals surface area (Å²) < 4.78 is 0. The molecule has 4 heteroatoms. The van der Waals surface area contributed by atoms with Crippen molar-refractivity contribution in [2.45, 2.75) is 19.3 Å². The summed E-state index contributed by atoms with van der Waals surface area (Å²) in [6.45, 7) is 1.64. The maximum absolute atomic E-state index is 12.4. The number of carbonyl (C=O) groups excluding carboxylic acids is 1. The first kappa shape index (κ1) is 13.6. The van der Waals surface area contributed by atoms with E-state index in [1.807, 2.05) is 4.90 Å². The van der Waals surface area contributed by atoms with Gasteiger partial charge in [0.15, 0.2) is 0 Å². The highest BCUT2D eigenvalue weighted by Crippen LogP contribution is 2.21. The molecule has 2 rings (SSSR count). The normalized spacial score (nSPS) is 18.9. The van der Waals surface area contributed by atoms with Gasteiger partial charge in [0.05, 0.1) is 11.6 Å². The molecule has 0 aromatic heterocycles. The van der Waals surface area contributed by atoms with Crippen LogP contribution >= 0.6 is 0 Å². The van der Waals surface area contributed by atoms with Gasteiger partial charge in [0.25, 0.3) is 5.91 Å². The monoisotopic (exact) mass is 258 g/mol. The third kappa shape index (κ3) is 3.33. The lowest BCUT2D eigenvalue weighted by Gasteiger charge is -2.32. The molecule has 1 amide bonds. The molecule has 1 N–H and O–H groups in total. The highest BCUT2D eigenvalue weighted by atomic mass is 16.3. The molecule has 1 unspecified atom stereocenters. The van der Waals surface area contributed by atoms with Crippen molar-refractivity contribution in [1.29, 1.82) is 5.26 Å². The standard InChI is InChI=1S/C15H18N2O2/c16-10-13-3-1-5-14(9-13)15(19)17-7-2-4-12(11-17)6-8-18/h1,3,5,9,12,18H,2,4,6-8,11H2. The molecule has 4 nitrogen and oxygen atoms in total. The third-order valence-corrected chi connectivity index (χ3v) is 3.58. The van der Waals surface area contributed by atoms with Crippen LogP contribution in [0.2, 0.25) is 0 Å². The Balaban J connectivity index is 2.08. The molecular formula is C15H18N2O2. The second-order valence-electron chi connectivity index (χ2n) is 4.96. The lowest BCUT2D eigenvalue weighted by atomic mass is 9.94. The molecule has 1 aromatic rings. The van der Waals surface area contributed by atoms with Crippen molar-refractivity contribution < 1.29 is 9.90 Å². The Hall–Kier alpha value is -1.86. The van der Waals surface area contributed by atoms with Gasteiger partial charge in [0.1, 0.15) is 0 Å². The number of benzene rings is 1. The summed E-state index contributed by atoms with van der Waals surface area (Å²) in [7, 11) is 0. The van der Waals surface area contributed by atoms with E-state index in [9.17, 15) is 4.79 Å². The smallest absolute Gasteiger partial charge is 0.253 e. The fourth-order valence-electron chi connectivity index (χ4n) is 2.57. The van der Waals surface area contributed by atoms with E-state index in [1.165, 1.54) is 0 Å². The molecule has 1 fully saturated rings. The van der Waals surface area contributed by atoms with Gasteiger partial charge < -0.3 is 10.0 Å². The Labute approximate surface area is 113 Å². The summed E-state index contributed by atoms with van der Waals surface area (Å²) in [6.07, 6.45) is 2.80. The Morgan fingerprint density at radius 3 is 3.11 bits per heavy atom. The molecule has 1 aliphatic rings. The maximum atomic E-state index is 12.4. The van der Waals surface area contributed by atoms with Crippen LogP contribution in [-0.2, 0) is 0 Å². The number of piperidine rings is 1. The van der Waals surface area contributed by atoms with E-state index in [1.54, 1.807) is 24.3 Å². The summed E-state index contributed by atoms with van der Waals surface area (Å²) in [4.78, 5) is 14.2. The third-order valence-electron chi connectivity index (χ3n) is 3.58. The first-order valence-corrected chi connectivity index (χ1v) is 6.65. The molecule has 0 saturated carbocycles. The van der Waals surface area contributed by atoms with Gasteiger partial charge in [0.2, 0.25) is 0 Å². The predicted octanol–water partition coefficient (Wildman–Crippen LogP) is 1.79. The number of aliphatic hydroxyl groups is 1. The van der Waals surface area contributed by atoms with Crippen molar-refractivity contribution >= 4 is 5.91 Å². The van der Waals surface area contributed by atoms with Crippen LogP contribution in [0.25, 0.3) is 0 Å². The highest BCUT2D eigenvalue weighted by Gasteiger charge is 2.24. The number of hydrogen-bond donors (Lipinski definition) is 1. The van der Waals surface area contributed by atoms with Crippen molar-refractivity contribution in [3.8, 4) is 6.07 Å². The number of carbonyl (C=O) groups is 1. The van der Waals surface area contributed by atoms with Gasteiger partial charge in [-0.05, 0) is 43.4 Å². The van der Waals surface area contributed by atoms with Crippen LogP contribution in [0.15, 0.2) is 24.3 Å². The summed E-state index contributed by atoms with van der Waals surface area (Å²) in [6, 6.07) is 8.87. The average Bonchev–Trinajstić information content (AvgIpc) is 2.47. The lowest BCUT2D eigenvalue weighted by Crippen LogP contribution is -2.40. The number of nitrogens with zero attached hydrogens (tertiary/aromatic N) is 2. The SMILES string of the molecule is N#Cc1cccc(C(=O)N2CCCC(CCO)C2)c1. The minimum Gasteiger partial charge on any atom is -0.396 e. The van der Waals surface area contributed by atoms with Crippen LogP contribution in [-0.4, -0.2) is 35.6 Å². The Kier molecular flexibility index (Phi) is 4.53. The van der Waals surface area contributed by atoms with Gasteiger partial charge in [-0.2, -0.15) is 5.26 Å². The zero-order valence-electron chi connectivity index (χ0n) is 10.9. The van der Waals surface area contributed by atoms with Gasteiger partial charge in [-0.15, -0.1) is 0 Å². The van der Waals surface area contributed by atoms with E-state index in [0.717, 1.165) is 25.8 Å². The van der Waals surface area contributed by atoms with E-state index in [4.69, 9.17) is 10.4 Å². The highest BCUT2D eigenvalue weighted by molar-refractivity contribution is 5.94. The summed E-state index contributed by atoms with van der Waals surface area (Å²) in [5.74, 6) is 0.376. The molecular weight excluding hydrogens is 240 g/mol. The summed E-state index contributed by atoms with van der Waals surface area (Å²) in [5, 5.41) is 17.9. The molecule has 0 bridgehead atoms. The fraction of sp³-hybridized carbons (Fsp3) is 0.467. The van der Waals surface area contributed by atoms with Crippen molar-refractivity contribution in [2.24, 2.45) is 5.92 Å². The Morgan fingerprint density at radius 1 is 1.53 bits per heavy atom. The first-order valence-electron chi connectivity index (χ1n) is 6.65. The predicted molar refractivity (Wildman–Crippen MR) is 71.5 cm³/mol. The average molecular weight is 258 g/mol. The van der Waals surface area contributed by atoms with Crippen LogP contribution in [0.5, 0.6) is 0 Å². The summed E-state index contributed by atoms with van der Waals surface area (Å²) >= 11 is 0. The number of amides is 1. The first-order chi connectivity index (χ1) is 9.24. The Morgan fingerprint density at radius 2 is 2.37 bits per heavy atom. The van der Waals surface area contributed by atoms with Gasteiger partial charge in [0, 0.05) is 25.3 Å². The lowest BCUT2D eigenvalue weighted by molar-refractivity contribution is 0.0653. The number of hydrogen-bond acceptors (Lipinski definition) is 3. The second-order valence-corrected chi connectivity index (χ2v) is 4.96. The quantitative estimate of drug-likeness (QED) is 0.899. The number of rotatable bonds is 3. The molecule has 1 heterocycles. The summed E-state index contributed by atoms with van der Waals surface area (Å²) in [5.41, 5.74) is 1.08. The van der Waals surface area contributed by atoms with Crippen LogP contribution in [0.4, 0.5) is 0 Å². The van der Waals surface area contributed by atoms with E-state index >= 15 is 0 Å². The molecule has 19 heavy (non-hydrogen) atoms. The number of nitriles is 1. The van der Waals surface area contributed by atoms with Crippen molar-refractivity contribution in [1.82, 2.24) is 4.90 Å². The zero-order chi connectivity index (χ0) is 13.7. The number of likely N-dealkylation sites (tertiary alicyclic amines) is 1. The van der Waals surface area contributed by atoms with E-state index in [-0.39, 0.29) is 12.5 Å². The molecule has 1 aliphatic heterocycles. The number of aliphatic hydroxyl groups excluding tert-OH is 1. The molecule has 1 aromatic carbocycles. The maximum Gasteiger partial charge on any atom is 0.253 e. The van der Waals surface area contributed by atoms with Gasteiger partial charge >= 0.3 is 0 Å². The van der Waals surface area contributed by atoms with E-state index in [2.05, 4.69) is 6.07 Å². The van der Waals surface area contributed by atoms with Crippen LogP contribution in [0.3, 0.4) is 0 Å². The van der Waals surface area contributed by atoms with Gasteiger partial charge in [-0.25, -0.2) is 0 Å². The van der Waals surface area contributed by atoms with Crippen molar-refractivity contribution in [3.63, 3.8) is 0 Å². The van der Waals surface area contributed by atoms with Crippen LogP contribution in [0.1, 0.15) is 35.2 Å². The minimum atomic E-state index is -0.0141. The largest absolute Gasteiger partial charge is 0.396 e. The fourth-order valence-corrected chi connectivity index (χ4v) is 2.57. The minimum absolute atomic E-state index is 0.0141. The van der Waals surface area contributed by atoms with E-state index < -0.39 is 0 Å². The Bertz CT molecular complexity index is 491. The zero-order valence-corrected chi connectivity index (χ0v) is 10.9. The van der Waals surface area contributed by atoms with E-state index in [0.29, 0.717) is 23.6 Å². The van der Waals surface area contributed by atoms with Crippen LogP contribution in [0, 0.1) is 17.2 Å². The second kappa shape index (κ2) is 6.35.